The Morgan fingerprint density at radius 3 is 2.23 bits per heavy atom. The molecule has 3 heterocycles. The average molecular weight is 602 g/mol. The molecule has 3 aliphatic rings. The third-order valence-electron chi connectivity index (χ3n) is 9.49. The number of piperazine rings is 1. The van der Waals surface area contributed by atoms with Crippen LogP contribution < -0.4 is 25.3 Å². The molecular formula is C34H44FN7S. The molecule has 2 N–H and O–H groups in total. The molecule has 43 heavy (non-hydrogen) atoms. The van der Waals surface area contributed by atoms with Gasteiger partial charge in [-0.05, 0) is 73.6 Å². The maximum Gasteiger partial charge on any atom is 0.232 e. The van der Waals surface area contributed by atoms with E-state index >= 15 is 0 Å². The van der Waals surface area contributed by atoms with Crippen molar-refractivity contribution in [1.29, 1.82) is 0 Å². The molecule has 1 aliphatic carbocycles. The number of nitrogens with zero attached hydrogens (tertiary/aromatic N) is 5. The molecule has 9 heteroatoms. The number of thiocarbonyl (C=S) groups is 1. The molecule has 1 atom stereocenters. The van der Waals surface area contributed by atoms with Gasteiger partial charge in [-0.15, -0.1) is 0 Å². The lowest BCUT2D eigenvalue weighted by Gasteiger charge is -2.38. The van der Waals surface area contributed by atoms with Gasteiger partial charge in [-0.3, -0.25) is 0 Å². The summed E-state index contributed by atoms with van der Waals surface area (Å²) in [6, 6.07) is 19.8. The van der Waals surface area contributed by atoms with Gasteiger partial charge in [0.15, 0.2) is 5.11 Å². The van der Waals surface area contributed by atoms with Crippen LogP contribution in [0.3, 0.4) is 0 Å². The van der Waals surface area contributed by atoms with Crippen LogP contribution in [0.25, 0.3) is 0 Å². The number of hydrogen-bond donors (Lipinski definition) is 2. The molecule has 2 aliphatic heterocycles. The maximum atomic E-state index is 13.7. The highest BCUT2D eigenvalue weighted by molar-refractivity contribution is 7.80. The molecule has 7 nitrogen and oxygen atoms in total. The van der Waals surface area contributed by atoms with E-state index in [0.29, 0.717) is 23.5 Å². The van der Waals surface area contributed by atoms with Crippen LogP contribution >= 0.6 is 12.2 Å². The van der Waals surface area contributed by atoms with Crippen LogP contribution in [0, 0.1) is 11.7 Å². The number of benzene rings is 2. The first kappa shape index (κ1) is 29.6. The van der Waals surface area contributed by atoms with Crippen LogP contribution in [0.2, 0.25) is 0 Å². The second-order valence-corrected chi connectivity index (χ2v) is 13.0. The number of para-hydroxylation sites is 1. The minimum Gasteiger partial charge on any atom is -0.368 e. The zero-order valence-electron chi connectivity index (χ0n) is 25.3. The Hall–Kier alpha value is -3.46. The molecule has 0 spiro atoms. The summed E-state index contributed by atoms with van der Waals surface area (Å²) in [4.78, 5) is 17.1. The van der Waals surface area contributed by atoms with Gasteiger partial charge < -0.3 is 25.3 Å². The molecule has 3 fully saturated rings. The topological polar surface area (TPSA) is 59.6 Å². The molecule has 2 saturated heterocycles. The van der Waals surface area contributed by atoms with Gasteiger partial charge in [-0.2, -0.15) is 9.97 Å². The quantitative estimate of drug-likeness (QED) is 0.303. The largest absolute Gasteiger partial charge is 0.368 e. The van der Waals surface area contributed by atoms with Crippen molar-refractivity contribution < 1.29 is 4.39 Å². The standard InChI is InChI=1S/C34H44FN7S/c1-26-9-8-18-42(24-26)31-23-30(41-21-19-40(20-22-41)29-10-4-2-5-11-29)37-32(38-31)39-33(43)36-25-34(16-6-3-7-17-34)27-12-14-28(35)15-13-27/h2,4-5,10-15,23,26H,3,6-9,16-22,24-25H2,1H3,(H2,36,37,38,39,43)/t26-/m1/s1. The molecule has 1 saturated carbocycles. The Balaban J connectivity index is 1.17. The van der Waals surface area contributed by atoms with Crippen molar-refractivity contribution >= 4 is 40.6 Å². The number of piperidine rings is 1. The van der Waals surface area contributed by atoms with Gasteiger partial charge in [0.1, 0.15) is 17.5 Å². The van der Waals surface area contributed by atoms with E-state index in [0.717, 1.165) is 63.7 Å². The molecule has 0 unspecified atom stereocenters. The number of anilines is 4. The highest BCUT2D eigenvalue weighted by Crippen LogP contribution is 2.39. The van der Waals surface area contributed by atoms with Crippen molar-refractivity contribution in [3.05, 3.63) is 72.0 Å². The summed E-state index contributed by atoms with van der Waals surface area (Å²) < 4.78 is 13.7. The minimum atomic E-state index is -0.197. The van der Waals surface area contributed by atoms with Crippen molar-refractivity contribution in [3.63, 3.8) is 0 Å². The molecule has 0 amide bonds. The van der Waals surface area contributed by atoms with E-state index in [1.807, 2.05) is 12.1 Å². The summed E-state index contributed by atoms with van der Waals surface area (Å²) in [6.07, 6.45) is 8.12. The van der Waals surface area contributed by atoms with E-state index in [9.17, 15) is 4.39 Å². The fraction of sp³-hybridized carbons (Fsp3) is 0.500. The molecule has 0 radical (unpaired) electrons. The third kappa shape index (κ3) is 7.20. The Labute approximate surface area is 260 Å². The first-order valence-electron chi connectivity index (χ1n) is 16.0. The van der Waals surface area contributed by atoms with E-state index in [1.54, 1.807) is 12.1 Å². The lowest BCUT2D eigenvalue weighted by atomic mass is 9.69. The van der Waals surface area contributed by atoms with Gasteiger partial charge >= 0.3 is 0 Å². The number of halogens is 1. The number of rotatable bonds is 7. The fourth-order valence-electron chi connectivity index (χ4n) is 7.03. The third-order valence-corrected chi connectivity index (χ3v) is 9.73. The normalized spacial score (nSPS) is 20.5. The van der Waals surface area contributed by atoms with Crippen molar-refractivity contribution in [2.24, 2.45) is 5.92 Å². The summed E-state index contributed by atoms with van der Waals surface area (Å²) in [5, 5.41) is 7.36. The Bertz CT molecular complexity index is 1350. The van der Waals surface area contributed by atoms with Crippen LogP contribution in [-0.4, -0.2) is 60.9 Å². The van der Waals surface area contributed by atoms with E-state index in [1.165, 1.54) is 43.4 Å². The van der Waals surface area contributed by atoms with Crippen LogP contribution in [0.1, 0.15) is 57.4 Å². The van der Waals surface area contributed by atoms with Crippen molar-refractivity contribution in [1.82, 2.24) is 15.3 Å². The number of aromatic nitrogens is 2. The first-order chi connectivity index (χ1) is 21.0. The lowest BCUT2D eigenvalue weighted by molar-refractivity contribution is 0.292. The van der Waals surface area contributed by atoms with E-state index in [-0.39, 0.29) is 11.2 Å². The smallest absolute Gasteiger partial charge is 0.232 e. The number of hydrogen-bond acceptors (Lipinski definition) is 6. The van der Waals surface area contributed by atoms with Crippen molar-refractivity contribution in [2.75, 3.05) is 65.8 Å². The number of nitrogens with one attached hydrogen (secondary N) is 2. The highest BCUT2D eigenvalue weighted by atomic mass is 32.1. The van der Waals surface area contributed by atoms with Crippen LogP contribution in [-0.2, 0) is 5.41 Å². The van der Waals surface area contributed by atoms with Crippen LogP contribution in [0.5, 0.6) is 0 Å². The molecule has 228 valence electrons. The predicted octanol–water partition coefficient (Wildman–Crippen LogP) is 6.37. The Kier molecular flexibility index (Phi) is 9.26. The molecule has 6 rings (SSSR count). The molecule has 3 aromatic rings. The van der Waals surface area contributed by atoms with Gasteiger partial charge in [0, 0.05) is 63.0 Å². The second kappa shape index (κ2) is 13.5. The highest BCUT2D eigenvalue weighted by Gasteiger charge is 2.34. The zero-order chi connectivity index (χ0) is 29.6. The summed E-state index contributed by atoms with van der Waals surface area (Å²) >= 11 is 5.82. The van der Waals surface area contributed by atoms with Gasteiger partial charge in [-0.25, -0.2) is 4.39 Å². The van der Waals surface area contributed by atoms with Crippen LogP contribution in [0.15, 0.2) is 60.7 Å². The molecule has 1 aromatic heterocycles. The van der Waals surface area contributed by atoms with Crippen LogP contribution in [0.4, 0.5) is 27.7 Å². The fourth-order valence-corrected chi connectivity index (χ4v) is 7.19. The summed E-state index contributed by atoms with van der Waals surface area (Å²) in [5.74, 6) is 2.88. The van der Waals surface area contributed by atoms with Crippen molar-refractivity contribution in [3.8, 4) is 0 Å². The molecule has 2 aromatic carbocycles. The Morgan fingerprint density at radius 1 is 0.860 bits per heavy atom. The lowest BCUT2D eigenvalue weighted by Crippen LogP contribution is -2.47. The average Bonchev–Trinajstić information content (AvgIpc) is 3.05. The van der Waals surface area contributed by atoms with E-state index in [2.05, 4.69) is 68.7 Å². The van der Waals surface area contributed by atoms with Gasteiger partial charge in [-0.1, -0.05) is 56.5 Å². The minimum absolute atomic E-state index is 0.0616. The van der Waals surface area contributed by atoms with E-state index in [4.69, 9.17) is 22.2 Å². The van der Waals surface area contributed by atoms with E-state index < -0.39 is 0 Å². The maximum absolute atomic E-state index is 13.7. The Morgan fingerprint density at radius 2 is 1.53 bits per heavy atom. The summed E-state index contributed by atoms with van der Waals surface area (Å²) in [7, 11) is 0. The summed E-state index contributed by atoms with van der Waals surface area (Å²) in [5.41, 5.74) is 2.38. The predicted molar refractivity (Wildman–Crippen MR) is 179 cm³/mol. The molecule has 0 bridgehead atoms. The molecular weight excluding hydrogens is 557 g/mol. The zero-order valence-corrected chi connectivity index (χ0v) is 26.1. The van der Waals surface area contributed by atoms with Gasteiger partial charge in [0.25, 0.3) is 0 Å². The monoisotopic (exact) mass is 601 g/mol. The first-order valence-corrected chi connectivity index (χ1v) is 16.4. The van der Waals surface area contributed by atoms with Crippen molar-refractivity contribution in [2.45, 2.75) is 57.3 Å². The second-order valence-electron chi connectivity index (χ2n) is 12.6. The van der Waals surface area contributed by atoms with Gasteiger partial charge in [0.2, 0.25) is 5.95 Å². The SMILES string of the molecule is C[C@@H]1CCCN(c2cc(N3CCN(c4ccccc4)CC3)nc(NC(=S)NCC3(c4ccc(F)cc4)CCCCC3)n2)C1. The van der Waals surface area contributed by atoms with Gasteiger partial charge in [0.05, 0.1) is 0 Å². The summed E-state index contributed by atoms with van der Waals surface area (Å²) in [6.45, 7) is 8.69.